The summed E-state index contributed by atoms with van der Waals surface area (Å²) in [6.45, 7) is 4.31. The lowest BCUT2D eigenvalue weighted by atomic mass is 9.93. The fourth-order valence-electron chi connectivity index (χ4n) is 1.23. The highest BCUT2D eigenvalue weighted by atomic mass is 16.5. The van der Waals surface area contributed by atoms with E-state index < -0.39 is 5.41 Å². The average molecular weight is 219 g/mol. The van der Waals surface area contributed by atoms with E-state index in [0.717, 1.165) is 32.4 Å². The van der Waals surface area contributed by atoms with Crippen molar-refractivity contribution in [2.45, 2.75) is 26.2 Å². The molecule has 0 aliphatic heterocycles. The molecule has 0 amide bonds. The van der Waals surface area contributed by atoms with Gasteiger partial charge in [0.15, 0.2) is 0 Å². The zero-order chi connectivity index (χ0) is 11.6. The molecule has 0 aromatic carbocycles. The summed E-state index contributed by atoms with van der Waals surface area (Å²) in [7, 11) is 1.71. The minimum Gasteiger partial charge on any atom is -0.396 e. The minimum atomic E-state index is -0.396. The molecule has 4 nitrogen and oxygen atoms in total. The molecule has 0 fully saturated rings. The molecule has 0 radical (unpaired) electrons. The standard InChI is InChI=1S/C11H25NO3/c1-11(9-13,10-14)8-12-6-4-3-5-7-15-2/h12-14H,3-10H2,1-2H3. The van der Waals surface area contributed by atoms with Gasteiger partial charge in [-0.1, -0.05) is 6.92 Å². The van der Waals surface area contributed by atoms with Crippen molar-refractivity contribution in [3.05, 3.63) is 0 Å². The molecule has 0 rings (SSSR count). The molecule has 92 valence electrons. The fraction of sp³-hybridized carbons (Fsp3) is 1.00. The van der Waals surface area contributed by atoms with Crippen LogP contribution in [0.5, 0.6) is 0 Å². The average Bonchev–Trinajstić information content (AvgIpc) is 2.27. The number of unbranched alkanes of at least 4 members (excludes halogenated alkanes) is 2. The van der Waals surface area contributed by atoms with Crippen LogP contribution in [0.25, 0.3) is 0 Å². The predicted molar refractivity (Wildman–Crippen MR) is 60.9 cm³/mol. The maximum atomic E-state index is 9.04. The third-order valence-electron chi connectivity index (χ3n) is 2.52. The summed E-state index contributed by atoms with van der Waals surface area (Å²) in [6.07, 6.45) is 3.35. The molecule has 0 atom stereocenters. The molecule has 0 spiro atoms. The summed E-state index contributed by atoms with van der Waals surface area (Å²) < 4.78 is 4.95. The summed E-state index contributed by atoms with van der Waals surface area (Å²) in [6, 6.07) is 0. The summed E-state index contributed by atoms with van der Waals surface area (Å²) in [5.74, 6) is 0. The largest absolute Gasteiger partial charge is 0.396 e. The number of methoxy groups -OCH3 is 1. The van der Waals surface area contributed by atoms with E-state index in [0.29, 0.717) is 6.54 Å². The maximum Gasteiger partial charge on any atom is 0.0518 e. The molecule has 0 bridgehead atoms. The second-order valence-corrected chi connectivity index (χ2v) is 4.36. The fourth-order valence-corrected chi connectivity index (χ4v) is 1.23. The van der Waals surface area contributed by atoms with Gasteiger partial charge < -0.3 is 20.3 Å². The molecule has 0 saturated heterocycles. The second kappa shape index (κ2) is 9.09. The maximum absolute atomic E-state index is 9.04. The van der Waals surface area contributed by atoms with Crippen molar-refractivity contribution in [2.24, 2.45) is 5.41 Å². The Balaban J connectivity index is 3.29. The van der Waals surface area contributed by atoms with Crippen LogP contribution >= 0.6 is 0 Å². The molecule has 15 heavy (non-hydrogen) atoms. The van der Waals surface area contributed by atoms with Crippen LogP contribution in [-0.2, 0) is 4.74 Å². The van der Waals surface area contributed by atoms with Gasteiger partial charge in [0.2, 0.25) is 0 Å². The van der Waals surface area contributed by atoms with E-state index in [-0.39, 0.29) is 13.2 Å². The van der Waals surface area contributed by atoms with Gasteiger partial charge in [0, 0.05) is 25.7 Å². The van der Waals surface area contributed by atoms with Crippen molar-refractivity contribution in [3.63, 3.8) is 0 Å². The first-order valence-corrected chi connectivity index (χ1v) is 5.60. The van der Waals surface area contributed by atoms with Crippen molar-refractivity contribution >= 4 is 0 Å². The van der Waals surface area contributed by atoms with Crippen molar-refractivity contribution in [3.8, 4) is 0 Å². The Morgan fingerprint density at radius 2 is 1.80 bits per heavy atom. The Hall–Kier alpha value is -0.160. The van der Waals surface area contributed by atoms with Gasteiger partial charge in [-0.3, -0.25) is 0 Å². The number of rotatable bonds is 10. The highest BCUT2D eigenvalue weighted by Crippen LogP contribution is 2.11. The predicted octanol–water partition coefficient (Wildman–Crippen LogP) is 0.384. The van der Waals surface area contributed by atoms with E-state index in [1.165, 1.54) is 0 Å². The first-order valence-electron chi connectivity index (χ1n) is 5.60. The Morgan fingerprint density at radius 3 is 2.33 bits per heavy atom. The third-order valence-corrected chi connectivity index (χ3v) is 2.52. The van der Waals surface area contributed by atoms with E-state index in [1.54, 1.807) is 7.11 Å². The molecule has 0 saturated carbocycles. The lowest BCUT2D eigenvalue weighted by molar-refractivity contribution is 0.0698. The van der Waals surface area contributed by atoms with E-state index in [4.69, 9.17) is 14.9 Å². The molecule has 0 aromatic rings. The molecular formula is C11H25NO3. The molecule has 0 aliphatic rings. The summed E-state index contributed by atoms with van der Waals surface area (Å²) >= 11 is 0. The van der Waals surface area contributed by atoms with Gasteiger partial charge in [0.1, 0.15) is 0 Å². The van der Waals surface area contributed by atoms with Gasteiger partial charge in [0.25, 0.3) is 0 Å². The Kier molecular flexibility index (Phi) is 9.00. The van der Waals surface area contributed by atoms with Crippen LogP contribution in [0.2, 0.25) is 0 Å². The minimum absolute atomic E-state index is 0.0141. The van der Waals surface area contributed by atoms with Gasteiger partial charge in [-0.2, -0.15) is 0 Å². The summed E-state index contributed by atoms with van der Waals surface area (Å²) in [5.41, 5.74) is -0.396. The monoisotopic (exact) mass is 219 g/mol. The smallest absolute Gasteiger partial charge is 0.0518 e. The Labute approximate surface area is 92.6 Å². The van der Waals surface area contributed by atoms with Crippen LogP contribution in [0.15, 0.2) is 0 Å². The highest BCUT2D eigenvalue weighted by Gasteiger charge is 2.21. The van der Waals surface area contributed by atoms with Crippen LogP contribution in [0, 0.1) is 5.41 Å². The highest BCUT2D eigenvalue weighted by molar-refractivity contribution is 4.74. The van der Waals surface area contributed by atoms with Crippen molar-refractivity contribution < 1.29 is 14.9 Å². The first kappa shape index (κ1) is 14.8. The van der Waals surface area contributed by atoms with Crippen LogP contribution in [-0.4, -0.2) is 50.2 Å². The van der Waals surface area contributed by atoms with Gasteiger partial charge in [-0.25, -0.2) is 0 Å². The van der Waals surface area contributed by atoms with Gasteiger partial charge in [0.05, 0.1) is 13.2 Å². The van der Waals surface area contributed by atoms with E-state index in [9.17, 15) is 0 Å². The zero-order valence-corrected chi connectivity index (χ0v) is 9.96. The van der Waals surface area contributed by atoms with Gasteiger partial charge >= 0.3 is 0 Å². The van der Waals surface area contributed by atoms with Crippen LogP contribution in [0.1, 0.15) is 26.2 Å². The number of aliphatic hydroxyl groups is 2. The number of ether oxygens (including phenoxy) is 1. The Bertz CT molecular complexity index is 138. The molecule has 0 heterocycles. The molecule has 0 unspecified atom stereocenters. The second-order valence-electron chi connectivity index (χ2n) is 4.36. The summed E-state index contributed by atoms with van der Waals surface area (Å²) in [4.78, 5) is 0. The SMILES string of the molecule is COCCCCCNCC(C)(CO)CO. The Morgan fingerprint density at radius 1 is 1.13 bits per heavy atom. The molecule has 3 N–H and O–H groups in total. The van der Waals surface area contributed by atoms with Gasteiger partial charge in [-0.15, -0.1) is 0 Å². The molecular weight excluding hydrogens is 194 g/mol. The van der Waals surface area contributed by atoms with E-state index in [1.807, 2.05) is 6.92 Å². The van der Waals surface area contributed by atoms with Crippen molar-refractivity contribution in [1.29, 1.82) is 0 Å². The van der Waals surface area contributed by atoms with Gasteiger partial charge in [-0.05, 0) is 25.8 Å². The van der Waals surface area contributed by atoms with Crippen LogP contribution < -0.4 is 5.32 Å². The first-order chi connectivity index (χ1) is 7.18. The van der Waals surface area contributed by atoms with E-state index >= 15 is 0 Å². The number of nitrogens with one attached hydrogen (secondary N) is 1. The molecule has 0 aromatic heterocycles. The van der Waals surface area contributed by atoms with Crippen LogP contribution in [0.4, 0.5) is 0 Å². The lowest BCUT2D eigenvalue weighted by Crippen LogP contribution is -2.38. The molecule has 4 heteroatoms. The summed E-state index contributed by atoms with van der Waals surface area (Å²) in [5, 5.41) is 21.3. The molecule has 0 aliphatic carbocycles. The zero-order valence-electron chi connectivity index (χ0n) is 9.96. The third kappa shape index (κ3) is 7.73. The number of aliphatic hydroxyl groups excluding tert-OH is 2. The number of hydrogen-bond acceptors (Lipinski definition) is 4. The van der Waals surface area contributed by atoms with Crippen LogP contribution in [0.3, 0.4) is 0 Å². The topological polar surface area (TPSA) is 61.7 Å². The van der Waals surface area contributed by atoms with Crippen molar-refractivity contribution in [1.82, 2.24) is 5.32 Å². The number of hydrogen-bond donors (Lipinski definition) is 3. The lowest BCUT2D eigenvalue weighted by Gasteiger charge is -2.24. The quantitative estimate of drug-likeness (QED) is 0.465. The normalized spacial score (nSPS) is 12.0. The van der Waals surface area contributed by atoms with E-state index in [2.05, 4.69) is 5.32 Å². The van der Waals surface area contributed by atoms with Crippen molar-refractivity contribution in [2.75, 3.05) is 40.0 Å².